The van der Waals surface area contributed by atoms with Gasteiger partial charge in [0.25, 0.3) is 5.91 Å². The molecule has 2 aliphatic heterocycles. The lowest BCUT2D eigenvalue weighted by atomic mass is 9.84. The lowest BCUT2D eigenvalue weighted by Crippen LogP contribution is -2.50. The molecule has 2 N–H and O–H groups in total. The van der Waals surface area contributed by atoms with Gasteiger partial charge in [0.1, 0.15) is 6.04 Å². The second-order valence-corrected chi connectivity index (χ2v) is 8.69. The highest BCUT2D eigenvalue weighted by molar-refractivity contribution is 6.30. The fraction of sp³-hybridized carbons (Fsp3) is 0.619. The molecule has 1 aliphatic carbocycles. The monoisotopic (exact) mass is 389 g/mol. The molecule has 3 fully saturated rings. The number of rotatable bonds is 3. The van der Waals surface area contributed by atoms with E-state index in [-0.39, 0.29) is 23.9 Å². The molecule has 4 unspecified atom stereocenters. The second kappa shape index (κ2) is 7.80. The first-order chi connectivity index (χ1) is 13.1. The van der Waals surface area contributed by atoms with Crippen molar-refractivity contribution in [1.82, 2.24) is 9.80 Å². The van der Waals surface area contributed by atoms with Gasteiger partial charge in [-0.2, -0.15) is 0 Å². The highest BCUT2D eigenvalue weighted by Crippen LogP contribution is 2.41. The van der Waals surface area contributed by atoms with Crippen molar-refractivity contribution >= 4 is 23.4 Å². The normalized spacial score (nSPS) is 30.4. The summed E-state index contributed by atoms with van der Waals surface area (Å²) >= 11 is 5.98. The molecule has 0 bridgehead atoms. The maximum Gasteiger partial charge on any atom is 0.254 e. The molecule has 2 amide bonds. The molecule has 0 aromatic heterocycles. The van der Waals surface area contributed by atoms with E-state index in [1.54, 1.807) is 24.3 Å². The summed E-state index contributed by atoms with van der Waals surface area (Å²) in [7, 11) is 0. The van der Waals surface area contributed by atoms with Gasteiger partial charge < -0.3 is 15.5 Å². The zero-order chi connectivity index (χ0) is 19.0. The summed E-state index contributed by atoms with van der Waals surface area (Å²) in [4.78, 5) is 30.5. The van der Waals surface area contributed by atoms with Crippen molar-refractivity contribution in [2.24, 2.45) is 17.6 Å². The van der Waals surface area contributed by atoms with Crippen LogP contribution in [0.1, 0.15) is 48.9 Å². The first-order valence-electron chi connectivity index (χ1n) is 10.2. The van der Waals surface area contributed by atoms with E-state index >= 15 is 0 Å². The fourth-order valence-electron chi connectivity index (χ4n) is 5.15. The number of amides is 2. The van der Waals surface area contributed by atoms with Gasteiger partial charge in [0.05, 0.1) is 0 Å². The van der Waals surface area contributed by atoms with Gasteiger partial charge in [0.2, 0.25) is 5.91 Å². The van der Waals surface area contributed by atoms with E-state index < -0.39 is 0 Å². The van der Waals surface area contributed by atoms with Gasteiger partial charge in [0.15, 0.2) is 0 Å². The van der Waals surface area contributed by atoms with E-state index in [1.165, 1.54) is 6.42 Å². The molecule has 146 valence electrons. The highest BCUT2D eigenvalue weighted by atomic mass is 35.5. The van der Waals surface area contributed by atoms with E-state index in [0.717, 1.165) is 45.2 Å². The van der Waals surface area contributed by atoms with Crippen LogP contribution < -0.4 is 5.73 Å². The van der Waals surface area contributed by atoms with E-state index in [4.69, 9.17) is 17.3 Å². The number of fused-ring (bicyclic) bond motifs is 1. The smallest absolute Gasteiger partial charge is 0.254 e. The predicted molar refractivity (Wildman–Crippen MR) is 106 cm³/mol. The predicted octanol–water partition coefficient (Wildman–Crippen LogP) is 2.92. The zero-order valence-electron chi connectivity index (χ0n) is 15.6. The van der Waals surface area contributed by atoms with Crippen molar-refractivity contribution in [2.45, 2.75) is 50.6 Å². The summed E-state index contributed by atoms with van der Waals surface area (Å²) < 4.78 is 0. The molecule has 6 heteroatoms. The lowest BCUT2D eigenvalue weighted by molar-refractivity contribution is -0.134. The van der Waals surface area contributed by atoms with Crippen LogP contribution in [-0.2, 0) is 4.79 Å². The molecule has 0 spiro atoms. The largest absolute Gasteiger partial charge is 0.341 e. The maximum absolute atomic E-state index is 13.4. The van der Waals surface area contributed by atoms with Crippen molar-refractivity contribution in [3.63, 3.8) is 0 Å². The average molecular weight is 390 g/mol. The van der Waals surface area contributed by atoms with Crippen molar-refractivity contribution in [3.05, 3.63) is 34.9 Å². The van der Waals surface area contributed by atoms with Crippen LogP contribution in [0.25, 0.3) is 0 Å². The number of nitrogens with two attached hydrogens (primary N) is 1. The summed E-state index contributed by atoms with van der Waals surface area (Å²) in [5, 5.41) is 0.612. The van der Waals surface area contributed by atoms with Crippen LogP contribution in [0.15, 0.2) is 24.3 Å². The Morgan fingerprint density at radius 1 is 1.11 bits per heavy atom. The topological polar surface area (TPSA) is 66.6 Å². The fourth-order valence-corrected chi connectivity index (χ4v) is 5.28. The summed E-state index contributed by atoms with van der Waals surface area (Å²) in [6.07, 6.45) is 6.21. The van der Waals surface area contributed by atoms with Crippen LogP contribution in [-0.4, -0.2) is 53.3 Å². The highest BCUT2D eigenvalue weighted by Gasteiger charge is 2.49. The summed E-state index contributed by atoms with van der Waals surface area (Å²) in [6.45, 7) is 2.10. The lowest BCUT2D eigenvalue weighted by Gasteiger charge is -2.34. The standard InChI is InChI=1S/C21H28ClN3O2/c22-17-7-5-15(6-8-17)20(26)25-18-4-2-1-3-16(18)11-19(25)21(27)24-10-9-14(12-23)13-24/h5-8,14,16,18-19H,1-4,9-13,23H2. The quantitative estimate of drug-likeness (QED) is 0.864. The summed E-state index contributed by atoms with van der Waals surface area (Å²) in [5.74, 6) is 0.909. The van der Waals surface area contributed by atoms with E-state index in [1.807, 2.05) is 9.80 Å². The van der Waals surface area contributed by atoms with Gasteiger partial charge in [0, 0.05) is 29.7 Å². The van der Waals surface area contributed by atoms with Gasteiger partial charge in [-0.15, -0.1) is 0 Å². The molecule has 1 aromatic rings. The number of benzene rings is 1. The van der Waals surface area contributed by atoms with Gasteiger partial charge in [-0.1, -0.05) is 24.4 Å². The van der Waals surface area contributed by atoms with Crippen molar-refractivity contribution in [3.8, 4) is 0 Å². The molecule has 1 saturated carbocycles. The minimum atomic E-state index is -0.335. The molecular formula is C21H28ClN3O2. The molecule has 27 heavy (non-hydrogen) atoms. The number of nitrogens with zero attached hydrogens (tertiary/aromatic N) is 2. The molecule has 1 aromatic carbocycles. The molecule has 5 nitrogen and oxygen atoms in total. The number of hydrogen-bond acceptors (Lipinski definition) is 3. The number of carbonyl (C=O) groups excluding carboxylic acids is 2. The van der Waals surface area contributed by atoms with E-state index in [2.05, 4.69) is 0 Å². The van der Waals surface area contributed by atoms with Crippen LogP contribution >= 0.6 is 11.6 Å². The minimum absolute atomic E-state index is 0.0333. The Hall–Kier alpha value is -1.59. The number of hydrogen-bond donors (Lipinski definition) is 1. The van der Waals surface area contributed by atoms with Gasteiger partial charge in [-0.25, -0.2) is 0 Å². The molecule has 2 saturated heterocycles. The Morgan fingerprint density at radius 2 is 1.85 bits per heavy atom. The third-order valence-electron chi connectivity index (χ3n) is 6.63. The molecule has 3 aliphatic rings. The van der Waals surface area contributed by atoms with Crippen molar-refractivity contribution < 1.29 is 9.59 Å². The van der Waals surface area contributed by atoms with Gasteiger partial charge >= 0.3 is 0 Å². The SMILES string of the molecule is NCC1CCN(C(=O)C2CC3CCCCC3N2C(=O)c2ccc(Cl)cc2)C1. The van der Waals surface area contributed by atoms with Gasteiger partial charge in [-0.05, 0) is 68.3 Å². The Bertz CT molecular complexity index is 708. The number of carbonyl (C=O) groups is 2. The summed E-state index contributed by atoms with van der Waals surface area (Å²) in [5.41, 5.74) is 6.41. The average Bonchev–Trinajstić information content (AvgIpc) is 3.32. The first kappa shape index (κ1) is 18.8. The second-order valence-electron chi connectivity index (χ2n) is 8.26. The molecule has 2 heterocycles. The van der Waals surface area contributed by atoms with Crippen LogP contribution in [0.3, 0.4) is 0 Å². The van der Waals surface area contributed by atoms with Crippen LogP contribution in [0.2, 0.25) is 5.02 Å². The van der Waals surface area contributed by atoms with Crippen LogP contribution in [0.4, 0.5) is 0 Å². The molecule has 4 rings (SSSR count). The number of halogens is 1. The first-order valence-corrected chi connectivity index (χ1v) is 10.5. The third-order valence-corrected chi connectivity index (χ3v) is 6.88. The number of likely N-dealkylation sites (tertiary alicyclic amines) is 2. The minimum Gasteiger partial charge on any atom is -0.341 e. The van der Waals surface area contributed by atoms with Crippen molar-refractivity contribution in [2.75, 3.05) is 19.6 Å². The van der Waals surface area contributed by atoms with Gasteiger partial charge in [-0.3, -0.25) is 9.59 Å². The Labute approximate surface area is 165 Å². The van der Waals surface area contributed by atoms with Crippen LogP contribution in [0.5, 0.6) is 0 Å². The Balaban J connectivity index is 1.59. The molecule has 0 radical (unpaired) electrons. The van der Waals surface area contributed by atoms with E-state index in [9.17, 15) is 9.59 Å². The Morgan fingerprint density at radius 3 is 2.56 bits per heavy atom. The van der Waals surface area contributed by atoms with Crippen LogP contribution in [0, 0.1) is 11.8 Å². The zero-order valence-corrected chi connectivity index (χ0v) is 16.4. The molecular weight excluding hydrogens is 362 g/mol. The summed E-state index contributed by atoms with van der Waals surface area (Å²) in [6, 6.07) is 6.87. The van der Waals surface area contributed by atoms with E-state index in [0.29, 0.717) is 29.0 Å². The maximum atomic E-state index is 13.4. The molecule has 4 atom stereocenters. The Kier molecular flexibility index (Phi) is 5.42. The third kappa shape index (κ3) is 3.59. The van der Waals surface area contributed by atoms with Crippen molar-refractivity contribution in [1.29, 1.82) is 0 Å².